The molecule has 0 fully saturated rings. The lowest BCUT2D eigenvalue weighted by atomic mass is 10.0. The first-order chi connectivity index (χ1) is 6.66. The fourth-order valence-electron chi connectivity index (χ4n) is 1.10. The van der Waals surface area contributed by atoms with Gasteiger partial charge in [-0.2, -0.15) is 0 Å². The molecule has 90 valence electrons. The van der Waals surface area contributed by atoms with E-state index in [0.717, 1.165) is 0 Å². The van der Waals surface area contributed by atoms with Crippen LogP contribution in [-0.4, -0.2) is 24.2 Å². The third-order valence-corrected chi connectivity index (χ3v) is 4.97. The van der Waals surface area contributed by atoms with E-state index >= 15 is 0 Å². The van der Waals surface area contributed by atoms with E-state index in [2.05, 4.69) is 4.72 Å². The van der Waals surface area contributed by atoms with Gasteiger partial charge in [-0.1, -0.05) is 26.1 Å². The molecule has 0 bridgehead atoms. The molecular weight excluding hydrogens is 232 g/mol. The Hall–Kier alpha value is -0.200. The number of sulfonamides is 1. The van der Waals surface area contributed by atoms with Crippen molar-refractivity contribution in [3.05, 3.63) is 0 Å². The van der Waals surface area contributed by atoms with Crippen molar-refractivity contribution in [1.82, 2.24) is 4.72 Å². The molecule has 0 aromatic carbocycles. The molecule has 0 aliphatic carbocycles. The predicted octanol–water partition coefficient (Wildman–Crippen LogP) is 1.16. The second-order valence-electron chi connectivity index (χ2n) is 4.18. The molecule has 0 radical (unpaired) electrons. The number of thiocarbonyl (C=S) groups is 1. The molecule has 4 nitrogen and oxygen atoms in total. The smallest absolute Gasteiger partial charge is 0.221 e. The predicted molar refractivity (Wildman–Crippen MR) is 67.3 cm³/mol. The van der Waals surface area contributed by atoms with Gasteiger partial charge in [0, 0.05) is 5.54 Å². The van der Waals surface area contributed by atoms with Crippen molar-refractivity contribution >= 4 is 27.2 Å². The van der Waals surface area contributed by atoms with Crippen LogP contribution in [0.1, 0.15) is 40.5 Å². The Labute approximate surface area is 97.7 Å². The van der Waals surface area contributed by atoms with Crippen molar-refractivity contribution in [2.45, 2.75) is 51.3 Å². The van der Waals surface area contributed by atoms with E-state index < -0.39 is 20.8 Å². The molecule has 0 saturated carbocycles. The first-order valence-corrected chi connectivity index (χ1v) is 6.94. The molecule has 0 spiro atoms. The molecule has 15 heavy (non-hydrogen) atoms. The largest absolute Gasteiger partial charge is 0.392 e. The van der Waals surface area contributed by atoms with Crippen molar-refractivity contribution in [2.24, 2.45) is 5.73 Å². The molecule has 0 aliphatic rings. The highest BCUT2D eigenvalue weighted by molar-refractivity contribution is 7.93. The Morgan fingerprint density at radius 3 is 2.20 bits per heavy atom. The monoisotopic (exact) mass is 252 g/mol. The minimum Gasteiger partial charge on any atom is -0.392 e. The molecule has 0 aromatic rings. The van der Waals surface area contributed by atoms with Gasteiger partial charge in [0.15, 0.2) is 0 Å². The molecule has 0 aromatic heterocycles. The van der Waals surface area contributed by atoms with Crippen LogP contribution in [0, 0.1) is 0 Å². The summed E-state index contributed by atoms with van der Waals surface area (Å²) < 4.78 is 26.4. The second-order valence-corrected chi connectivity index (χ2v) is 6.52. The molecule has 0 aliphatic heterocycles. The van der Waals surface area contributed by atoms with Crippen LogP contribution in [0.5, 0.6) is 0 Å². The van der Waals surface area contributed by atoms with Gasteiger partial charge in [0.2, 0.25) is 10.0 Å². The fourth-order valence-corrected chi connectivity index (χ4v) is 3.45. The van der Waals surface area contributed by atoms with Crippen LogP contribution in [0.15, 0.2) is 0 Å². The lowest BCUT2D eigenvalue weighted by Gasteiger charge is -2.27. The van der Waals surface area contributed by atoms with Crippen LogP contribution in [0.3, 0.4) is 0 Å². The summed E-state index contributed by atoms with van der Waals surface area (Å²) >= 11 is 4.75. The lowest BCUT2D eigenvalue weighted by Crippen LogP contribution is -2.50. The molecule has 0 saturated heterocycles. The molecule has 0 heterocycles. The third-order valence-electron chi connectivity index (χ3n) is 2.37. The van der Waals surface area contributed by atoms with Crippen molar-refractivity contribution in [2.75, 3.05) is 0 Å². The van der Waals surface area contributed by atoms with Crippen LogP contribution in [-0.2, 0) is 10.0 Å². The SMILES string of the molecule is CCC(C(N)=S)S(=O)(=O)NC(C)(C)CC. The van der Waals surface area contributed by atoms with Gasteiger partial charge < -0.3 is 5.73 Å². The van der Waals surface area contributed by atoms with Crippen molar-refractivity contribution in [1.29, 1.82) is 0 Å². The molecule has 3 N–H and O–H groups in total. The minimum absolute atomic E-state index is 0.0249. The summed E-state index contributed by atoms with van der Waals surface area (Å²) in [5.41, 5.74) is 4.94. The summed E-state index contributed by atoms with van der Waals surface area (Å²) in [5.74, 6) is 0. The molecular formula is C9H20N2O2S2. The number of hydrogen-bond acceptors (Lipinski definition) is 3. The topological polar surface area (TPSA) is 72.2 Å². The van der Waals surface area contributed by atoms with E-state index in [1.165, 1.54) is 0 Å². The maximum atomic E-state index is 11.9. The van der Waals surface area contributed by atoms with Crippen molar-refractivity contribution in [3.63, 3.8) is 0 Å². The first kappa shape index (κ1) is 14.8. The maximum absolute atomic E-state index is 11.9. The summed E-state index contributed by atoms with van der Waals surface area (Å²) in [6.45, 7) is 7.33. The van der Waals surface area contributed by atoms with Gasteiger partial charge in [0.05, 0.1) is 4.99 Å². The van der Waals surface area contributed by atoms with Crippen LogP contribution >= 0.6 is 12.2 Å². The maximum Gasteiger partial charge on any atom is 0.221 e. The zero-order chi connectivity index (χ0) is 12.3. The van der Waals surface area contributed by atoms with Crippen LogP contribution in [0.4, 0.5) is 0 Å². The van der Waals surface area contributed by atoms with Gasteiger partial charge in [-0.05, 0) is 26.7 Å². The average Bonchev–Trinajstić information content (AvgIpc) is 2.01. The molecule has 0 amide bonds. The molecule has 1 atom stereocenters. The normalized spacial score (nSPS) is 14.9. The highest BCUT2D eigenvalue weighted by Crippen LogP contribution is 2.13. The van der Waals surface area contributed by atoms with Gasteiger partial charge in [0.1, 0.15) is 5.25 Å². The highest BCUT2D eigenvalue weighted by atomic mass is 32.2. The number of hydrogen-bond donors (Lipinski definition) is 2. The van der Waals surface area contributed by atoms with E-state index in [9.17, 15) is 8.42 Å². The summed E-state index contributed by atoms with van der Waals surface area (Å²) in [6, 6.07) is 0. The standard InChI is InChI=1S/C9H20N2O2S2/c1-5-7(8(10)14)15(12,13)11-9(3,4)6-2/h7,11H,5-6H2,1-4H3,(H2,10,14). The number of nitrogens with one attached hydrogen (secondary N) is 1. The van der Waals surface area contributed by atoms with Crippen molar-refractivity contribution < 1.29 is 8.42 Å². The van der Waals surface area contributed by atoms with Crippen LogP contribution in [0.25, 0.3) is 0 Å². The van der Waals surface area contributed by atoms with Crippen LogP contribution in [0.2, 0.25) is 0 Å². The highest BCUT2D eigenvalue weighted by Gasteiger charge is 2.31. The summed E-state index contributed by atoms with van der Waals surface area (Å²) in [5, 5.41) is -0.779. The fraction of sp³-hybridized carbons (Fsp3) is 0.889. The van der Waals surface area contributed by atoms with Gasteiger partial charge in [-0.3, -0.25) is 0 Å². The molecule has 6 heteroatoms. The Bertz CT molecular complexity index is 323. The molecule has 0 rings (SSSR count). The Morgan fingerprint density at radius 1 is 1.47 bits per heavy atom. The van der Waals surface area contributed by atoms with Gasteiger partial charge in [-0.25, -0.2) is 13.1 Å². The van der Waals surface area contributed by atoms with Gasteiger partial charge in [-0.15, -0.1) is 0 Å². The number of nitrogens with two attached hydrogens (primary N) is 1. The van der Waals surface area contributed by atoms with Crippen LogP contribution < -0.4 is 10.5 Å². The molecule has 1 unspecified atom stereocenters. The van der Waals surface area contributed by atoms with Crippen molar-refractivity contribution in [3.8, 4) is 0 Å². The van der Waals surface area contributed by atoms with E-state index in [-0.39, 0.29) is 4.99 Å². The summed E-state index contributed by atoms with van der Waals surface area (Å²) in [7, 11) is -3.46. The minimum atomic E-state index is -3.46. The first-order valence-electron chi connectivity index (χ1n) is 4.98. The third kappa shape index (κ3) is 4.44. The van der Waals surface area contributed by atoms with E-state index in [0.29, 0.717) is 12.8 Å². The number of rotatable bonds is 6. The Balaban J connectivity index is 4.91. The second kappa shape index (κ2) is 5.23. The van der Waals surface area contributed by atoms with Gasteiger partial charge >= 0.3 is 0 Å². The zero-order valence-electron chi connectivity index (χ0n) is 9.70. The Morgan fingerprint density at radius 2 is 1.93 bits per heavy atom. The lowest BCUT2D eigenvalue weighted by molar-refractivity contribution is 0.437. The van der Waals surface area contributed by atoms with E-state index in [1.54, 1.807) is 6.92 Å². The van der Waals surface area contributed by atoms with E-state index in [4.69, 9.17) is 18.0 Å². The summed E-state index contributed by atoms with van der Waals surface area (Å²) in [6.07, 6.45) is 1.10. The Kier molecular flexibility index (Phi) is 5.16. The quantitative estimate of drug-likeness (QED) is 0.696. The van der Waals surface area contributed by atoms with E-state index in [1.807, 2.05) is 20.8 Å². The summed E-state index contributed by atoms with van der Waals surface area (Å²) in [4.78, 5) is 0.0249. The zero-order valence-corrected chi connectivity index (χ0v) is 11.3. The average molecular weight is 252 g/mol. The van der Waals surface area contributed by atoms with Gasteiger partial charge in [0.25, 0.3) is 0 Å².